The molecule has 0 amide bonds. The SMILES string of the molecule is CC(C)/C=C/CCC[C@@H](C)COC(C)(C)C. The van der Waals surface area contributed by atoms with Crippen molar-refractivity contribution < 1.29 is 4.74 Å². The van der Waals surface area contributed by atoms with Gasteiger partial charge in [-0.05, 0) is 51.9 Å². The molecule has 0 radical (unpaired) electrons. The minimum atomic E-state index is 0.00576. The van der Waals surface area contributed by atoms with Crippen molar-refractivity contribution in [3.05, 3.63) is 12.2 Å². The molecule has 1 heteroatoms. The second-order valence-corrected chi connectivity index (χ2v) is 6.13. The molecular formula is C15H30O. The molecule has 0 heterocycles. The van der Waals surface area contributed by atoms with E-state index in [1.54, 1.807) is 0 Å². The molecule has 0 aliphatic rings. The summed E-state index contributed by atoms with van der Waals surface area (Å²) in [6.45, 7) is 13.9. The monoisotopic (exact) mass is 226 g/mol. The summed E-state index contributed by atoms with van der Waals surface area (Å²) in [6, 6.07) is 0. The summed E-state index contributed by atoms with van der Waals surface area (Å²) in [5.74, 6) is 1.35. The van der Waals surface area contributed by atoms with Gasteiger partial charge >= 0.3 is 0 Å². The van der Waals surface area contributed by atoms with Gasteiger partial charge in [-0.25, -0.2) is 0 Å². The summed E-state index contributed by atoms with van der Waals surface area (Å²) in [4.78, 5) is 0. The second-order valence-electron chi connectivity index (χ2n) is 6.13. The Bertz CT molecular complexity index is 186. The molecule has 0 fully saturated rings. The average Bonchev–Trinajstić information content (AvgIpc) is 2.12. The van der Waals surface area contributed by atoms with Crippen molar-refractivity contribution >= 4 is 0 Å². The summed E-state index contributed by atoms with van der Waals surface area (Å²) < 4.78 is 5.77. The third kappa shape index (κ3) is 11.8. The Labute approximate surface area is 102 Å². The first-order chi connectivity index (χ1) is 7.31. The van der Waals surface area contributed by atoms with Crippen LogP contribution in [-0.4, -0.2) is 12.2 Å². The molecule has 0 spiro atoms. The van der Waals surface area contributed by atoms with Gasteiger partial charge in [0.1, 0.15) is 0 Å². The lowest BCUT2D eigenvalue weighted by Crippen LogP contribution is -2.22. The maximum atomic E-state index is 5.77. The van der Waals surface area contributed by atoms with Gasteiger partial charge in [0.15, 0.2) is 0 Å². The molecule has 0 aromatic carbocycles. The molecule has 0 saturated heterocycles. The number of hydrogen-bond acceptors (Lipinski definition) is 1. The van der Waals surface area contributed by atoms with Crippen LogP contribution in [0.15, 0.2) is 12.2 Å². The zero-order chi connectivity index (χ0) is 12.6. The van der Waals surface area contributed by atoms with Crippen molar-refractivity contribution in [2.45, 2.75) is 66.4 Å². The van der Waals surface area contributed by atoms with Crippen LogP contribution in [0, 0.1) is 11.8 Å². The van der Waals surface area contributed by atoms with E-state index in [-0.39, 0.29) is 5.60 Å². The lowest BCUT2D eigenvalue weighted by Gasteiger charge is -2.22. The first-order valence-corrected chi connectivity index (χ1v) is 6.62. The molecule has 0 aliphatic carbocycles. The second kappa shape index (κ2) is 7.89. The topological polar surface area (TPSA) is 9.23 Å². The lowest BCUT2D eigenvalue weighted by molar-refractivity contribution is -0.0207. The van der Waals surface area contributed by atoms with Crippen LogP contribution >= 0.6 is 0 Å². The average molecular weight is 226 g/mol. The lowest BCUT2D eigenvalue weighted by atomic mass is 10.0. The van der Waals surface area contributed by atoms with Crippen LogP contribution in [0.4, 0.5) is 0 Å². The highest BCUT2D eigenvalue weighted by molar-refractivity contribution is 4.84. The highest BCUT2D eigenvalue weighted by atomic mass is 16.5. The zero-order valence-corrected chi connectivity index (χ0v) is 12.0. The normalized spacial score (nSPS) is 14.9. The van der Waals surface area contributed by atoms with Gasteiger partial charge < -0.3 is 4.74 Å². The number of hydrogen-bond donors (Lipinski definition) is 0. The highest BCUT2D eigenvalue weighted by Gasteiger charge is 2.11. The van der Waals surface area contributed by atoms with Crippen molar-refractivity contribution in [2.24, 2.45) is 11.8 Å². The van der Waals surface area contributed by atoms with Gasteiger partial charge in [-0.3, -0.25) is 0 Å². The van der Waals surface area contributed by atoms with Crippen LogP contribution in [-0.2, 0) is 4.74 Å². The molecule has 0 bridgehead atoms. The number of allylic oxidation sites excluding steroid dienone is 2. The van der Waals surface area contributed by atoms with Gasteiger partial charge in [0, 0.05) is 6.61 Å². The van der Waals surface area contributed by atoms with E-state index >= 15 is 0 Å². The van der Waals surface area contributed by atoms with Gasteiger partial charge in [-0.1, -0.05) is 32.9 Å². The van der Waals surface area contributed by atoms with Gasteiger partial charge in [-0.15, -0.1) is 0 Å². The third-order valence-corrected chi connectivity index (χ3v) is 2.39. The fraction of sp³-hybridized carbons (Fsp3) is 0.867. The summed E-state index contributed by atoms with van der Waals surface area (Å²) in [6.07, 6.45) is 8.34. The highest BCUT2D eigenvalue weighted by Crippen LogP contribution is 2.14. The van der Waals surface area contributed by atoms with Crippen LogP contribution in [0.2, 0.25) is 0 Å². The first kappa shape index (κ1) is 15.7. The van der Waals surface area contributed by atoms with Crippen LogP contribution in [0.1, 0.15) is 60.8 Å². The number of ether oxygens (including phenoxy) is 1. The molecule has 96 valence electrons. The molecule has 0 aromatic heterocycles. The quantitative estimate of drug-likeness (QED) is 0.447. The predicted octanol–water partition coefficient (Wildman–Crippen LogP) is 4.82. The van der Waals surface area contributed by atoms with Crippen molar-refractivity contribution in [3.63, 3.8) is 0 Å². The van der Waals surface area contributed by atoms with E-state index in [4.69, 9.17) is 4.74 Å². The summed E-state index contributed by atoms with van der Waals surface area (Å²) in [5.41, 5.74) is 0.00576. The molecule has 1 atom stereocenters. The zero-order valence-electron chi connectivity index (χ0n) is 12.0. The molecular weight excluding hydrogens is 196 g/mol. The van der Waals surface area contributed by atoms with E-state index in [1.807, 2.05) is 0 Å². The van der Waals surface area contributed by atoms with Gasteiger partial charge in [0.05, 0.1) is 5.60 Å². The Hall–Kier alpha value is -0.300. The minimum Gasteiger partial charge on any atom is -0.376 e. The van der Waals surface area contributed by atoms with E-state index < -0.39 is 0 Å². The van der Waals surface area contributed by atoms with Crippen LogP contribution in [0.3, 0.4) is 0 Å². The Morgan fingerprint density at radius 2 is 1.75 bits per heavy atom. The van der Waals surface area contributed by atoms with E-state index in [0.29, 0.717) is 11.8 Å². The Balaban J connectivity index is 3.48. The van der Waals surface area contributed by atoms with Gasteiger partial charge in [-0.2, -0.15) is 0 Å². The number of unbranched alkanes of at least 4 members (excludes halogenated alkanes) is 1. The molecule has 0 aliphatic heterocycles. The van der Waals surface area contributed by atoms with E-state index in [9.17, 15) is 0 Å². The van der Waals surface area contributed by atoms with Crippen molar-refractivity contribution in [2.75, 3.05) is 6.61 Å². The summed E-state index contributed by atoms with van der Waals surface area (Å²) in [5, 5.41) is 0. The van der Waals surface area contributed by atoms with E-state index in [1.165, 1.54) is 19.3 Å². The summed E-state index contributed by atoms with van der Waals surface area (Å²) in [7, 11) is 0. The largest absolute Gasteiger partial charge is 0.376 e. The molecule has 0 unspecified atom stereocenters. The Morgan fingerprint density at radius 3 is 2.25 bits per heavy atom. The minimum absolute atomic E-state index is 0.00576. The molecule has 0 saturated carbocycles. The van der Waals surface area contributed by atoms with Crippen molar-refractivity contribution in [1.29, 1.82) is 0 Å². The van der Waals surface area contributed by atoms with Gasteiger partial charge in [0.25, 0.3) is 0 Å². The summed E-state index contributed by atoms with van der Waals surface area (Å²) >= 11 is 0. The van der Waals surface area contributed by atoms with Crippen LogP contribution < -0.4 is 0 Å². The number of rotatable bonds is 7. The third-order valence-electron chi connectivity index (χ3n) is 2.39. The van der Waals surface area contributed by atoms with E-state index in [0.717, 1.165) is 6.61 Å². The van der Waals surface area contributed by atoms with Gasteiger partial charge in [0.2, 0.25) is 0 Å². The molecule has 1 nitrogen and oxygen atoms in total. The predicted molar refractivity (Wildman–Crippen MR) is 72.7 cm³/mol. The smallest absolute Gasteiger partial charge is 0.0598 e. The Kier molecular flexibility index (Phi) is 7.74. The molecule has 16 heavy (non-hydrogen) atoms. The van der Waals surface area contributed by atoms with E-state index in [2.05, 4.69) is 53.7 Å². The molecule has 0 aromatic rings. The standard InChI is InChI=1S/C15H30O/c1-13(2)10-8-7-9-11-14(3)12-16-15(4,5)6/h8,10,13-14H,7,9,11-12H2,1-6H3/b10-8+/t14-/m1/s1. The fourth-order valence-electron chi connectivity index (χ4n) is 1.43. The van der Waals surface area contributed by atoms with Crippen LogP contribution in [0.25, 0.3) is 0 Å². The van der Waals surface area contributed by atoms with Crippen molar-refractivity contribution in [3.8, 4) is 0 Å². The van der Waals surface area contributed by atoms with Crippen molar-refractivity contribution in [1.82, 2.24) is 0 Å². The fourth-order valence-corrected chi connectivity index (χ4v) is 1.43. The Morgan fingerprint density at radius 1 is 1.12 bits per heavy atom. The molecule has 0 N–H and O–H groups in total. The van der Waals surface area contributed by atoms with Crippen LogP contribution in [0.5, 0.6) is 0 Å². The maximum Gasteiger partial charge on any atom is 0.0598 e. The first-order valence-electron chi connectivity index (χ1n) is 6.62. The molecule has 0 rings (SSSR count). The maximum absolute atomic E-state index is 5.77.